The third kappa shape index (κ3) is 4.82. The molecule has 0 saturated heterocycles. The minimum Gasteiger partial charge on any atom is -1.00 e. The van der Waals surface area contributed by atoms with Crippen LogP contribution in [0, 0.1) is 0 Å². The summed E-state index contributed by atoms with van der Waals surface area (Å²) in [5.74, 6) is 0.642. The van der Waals surface area contributed by atoms with Crippen molar-refractivity contribution >= 4 is 67.8 Å². The van der Waals surface area contributed by atoms with Crippen LogP contribution in [0.4, 0.5) is 0 Å². The number of fused-ring (bicyclic) bond motifs is 3. The first-order valence-electron chi connectivity index (χ1n) is 13.5. The van der Waals surface area contributed by atoms with Gasteiger partial charge < -0.3 is 9.41 Å². The fraction of sp³-hybridized carbons (Fsp3) is 0.0556. The monoisotopic (exact) mass is 772 g/mol. The van der Waals surface area contributed by atoms with E-state index in [-0.39, 0.29) is 9.41 Å². The summed E-state index contributed by atoms with van der Waals surface area (Å²) in [5, 5.41) is 4.33. The molecule has 0 N–H and O–H groups in total. The molecular formula is C36H23Br2F2PZr. The molecule has 3 atom stereocenters. The minimum absolute atomic E-state index is 0. The Morgan fingerprint density at radius 1 is 0.524 bits per heavy atom. The van der Waals surface area contributed by atoms with Crippen LogP contribution >= 0.6 is 39.8 Å². The predicted octanol–water partition coefficient (Wildman–Crippen LogP) is 3.05. The molecule has 0 saturated carbocycles. The topological polar surface area (TPSA) is 0 Å². The van der Waals surface area contributed by atoms with Crippen LogP contribution in [0.2, 0.25) is 0 Å². The molecule has 0 spiro atoms. The third-order valence-electron chi connectivity index (χ3n) is 8.27. The van der Waals surface area contributed by atoms with Gasteiger partial charge in [0.1, 0.15) is 0 Å². The second kappa shape index (κ2) is 12.0. The first-order valence-corrected chi connectivity index (χ1v) is 18.9. The molecule has 0 amide bonds. The van der Waals surface area contributed by atoms with E-state index in [2.05, 4.69) is 159 Å². The summed E-state index contributed by atoms with van der Waals surface area (Å²) in [6.45, 7) is 0. The zero-order valence-corrected chi connectivity index (χ0v) is 28.8. The molecule has 4 aliphatic rings. The quantitative estimate of drug-likeness (QED) is 0.247. The number of allylic oxidation sites excluding steroid dienone is 2. The second-order valence-electron chi connectivity index (χ2n) is 10.5. The van der Waals surface area contributed by atoms with Crippen LogP contribution in [0.25, 0.3) is 12.2 Å². The molecule has 2 aliphatic carbocycles. The van der Waals surface area contributed by atoms with Crippen molar-refractivity contribution in [3.05, 3.63) is 164 Å². The fourth-order valence-electron chi connectivity index (χ4n) is 6.56. The normalized spacial score (nSPS) is 18.8. The van der Waals surface area contributed by atoms with Crippen molar-refractivity contribution in [3.63, 3.8) is 0 Å². The Morgan fingerprint density at radius 2 is 1.12 bits per heavy atom. The van der Waals surface area contributed by atoms with Gasteiger partial charge in [-0.1, -0.05) is 0 Å². The number of rotatable bonds is 4. The number of hydrogen-bond donors (Lipinski definition) is 0. The largest absolute Gasteiger partial charge is 1.00 e. The van der Waals surface area contributed by atoms with Crippen LogP contribution in [0.3, 0.4) is 0 Å². The molecule has 3 unspecified atom stereocenters. The summed E-state index contributed by atoms with van der Waals surface area (Å²) in [5.41, 5.74) is 8.54. The molecule has 42 heavy (non-hydrogen) atoms. The smallest absolute Gasteiger partial charge is 1.00 e. The van der Waals surface area contributed by atoms with Crippen LogP contribution in [0.1, 0.15) is 45.2 Å². The van der Waals surface area contributed by atoms with E-state index in [9.17, 15) is 0 Å². The van der Waals surface area contributed by atoms with E-state index < -0.39 is 31.2 Å². The number of benzene rings is 5. The van der Waals surface area contributed by atoms with Gasteiger partial charge in [-0.05, 0) is 0 Å². The Balaban J connectivity index is 0.00000158. The van der Waals surface area contributed by atoms with Crippen molar-refractivity contribution in [2.45, 2.75) is 11.8 Å². The molecule has 2 aliphatic heterocycles. The first kappa shape index (κ1) is 29.8. The maximum atomic E-state index is 4.01. The summed E-state index contributed by atoms with van der Waals surface area (Å²) in [6.07, 6.45) is 5.13. The SMILES string of the molecule is Brc1cccc2c1C(c1ccccc1)[C]([Zr+2][C]1=Cc3c4ccc(Br)c3C1c1ccc(cc1)P4c1ccccc1)=C2.[F-].[F-]. The van der Waals surface area contributed by atoms with Crippen LogP contribution in [-0.4, -0.2) is 0 Å². The zero-order chi connectivity index (χ0) is 26.8. The molecule has 9 rings (SSSR count). The van der Waals surface area contributed by atoms with Gasteiger partial charge >= 0.3 is 267 Å². The van der Waals surface area contributed by atoms with Gasteiger partial charge in [0.15, 0.2) is 0 Å². The third-order valence-corrected chi connectivity index (χ3v) is 15.7. The van der Waals surface area contributed by atoms with Gasteiger partial charge in [0.2, 0.25) is 0 Å². The summed E-state index contributed by atoms with van der Waals surface area (Å²) >= 11 is 6.78. The summed E-state index contributed by atoms with van der Waals surface area (Å²) in [7, 11) is -0.630. The molecule has 5 aromatic carbocycles. The van der Waals surface area contributed by atoms with Crippen molar-refractivity contribution in [1.29, 1.82) is 0 Å². The standard InChI is InChI=1S/C21H13BrP.C15H10Br.2FH.Zr/c22-19-12-13-20-18-11-10-17(21(18)19)14-6-8-16(9-7-14)23(20)15-4-2-1-3-5-15;16-14-8-4-7-12-9-10-13(15(12)14)11-5-2-1-3-6-11;;;/h1-9,11-13,17H;1-9,13H;2*1H;/q;;;;+2/p-2. The summed E-state index contributed by atoms with van der Waals surface area (Å²) in [6, 6.07) is 43.2. The van der Waals surface area contributed by atoms with E-state index in [1.54, 1.807) is 6.56 Å². The average Bonchev–Trinajstić information content (AvgIpc) is 3.57. The Kier molecular flexibility index (Phi) is 8.51. The maximum absolute atomic E-state index is 4.01. The zero-order valence-electron chi connectivity index (χ0n) is 22.2. The van der Waals surface area contributed by atoms with Crippen LogP contribution in [0.5, 0.6) is 0 Å². The van der Waals surface area contributed by atoms with Gasteiger partial charge in [-0.15, -0.1) is 0 Å². The Labute approximate surface area is 274 Å². The minimum atomic E-state index is -1.15. The van der Waals surface area contributed by atoms with Crippen molar-refractivity contribution in [1.82, 2.24) is 0 Å². The Hall–Kier alpha value is -2.29. The average molecular weight is 776 g/mol. The van der Waals surface area contributed by atoms with E-state index in [0.717, 1.165) is 0 Å². The van der Waals surface area contributed by atoms with Crippen LogP contribution in [-0.2, 0) is 23.2 Å². The van der Waals surface area contributed by atoms with Crippen molar-refractivity contribution in [3.8, 4) is 0 Å². The number of hydrogen-bond acceptors (Lipinski definition) is 0. The second-order valence-corrected chi connectivity index (χ2v) is 17.8. The first-order chi connectivity index (χ1) is 19.7. The fourth-order valence-corrected chi connectivity index (χ4v) is 14.3. The maximum Gasteiger partial charge on any atom is -1.00 e. The van der Waals surface area contributed by atoms with Crippen molar-refractivity contribution in [2.75, 3.05) is 0 Å². The van der Waals surface area contributed by atoms with E-state index in [1.807, 2.05) is 0 Å². The Bertz CT molecular complexity index is 1850. The molecule has 0 aromatic heterocycles. The molecule has 0 radical (unpaired) electrons. The molecule has 2 heterocycles. The van der Waals surface area contributed by atoms with Crippen LogP contribution < -0.4 is 25.3 Å². The van der Waals surface area contributed by atoms with Gasteiger partial charge in [-0.2, -0.15) is 0 Å². The molecule has 0 fully saturated rings. The van der Waals surface area contributed by atoms with E-state index in [4.69, 9.17) is 0 Å². The molecule has 5 aromatic rings. The van der Waals surface area contributed by atoms with Gasteiger partial charge in [-0.3, -0.25) is 0 Å². The summed E-state index contributed by atoms with van der Waals surface area (Å²) < 4.78 is 5.74. The van der Waals surface area contributed by atoms with E-state index in [1.165, 1.54) is 58.2 Å². The van der Waals surface area contributed by atoms with Crippen LogP contribution in [0.15, 0.2) is 131 Å². The molecule has 0 nitrogen and oxygen atoms in total. The molecule has 6 heteroatoms. The summed E-state index contributed by atoms with van der Waals surface area (Å²) in [4.78, 5) is 0. The van der Waals surface area contributed by atoms with E-state index >= 15 is 0 Å². The van der Waals surface area contributed by atoms with Gasteiger partial charge in [0.25, 0.3) is 0 Å². The number of halogens is 4. The molecule has 6 bridgehead atoms. The van der Waals surface area contributed by atoms with Crippen molar-refractivity contribution in [2.24, 2.45) is 0 Å². The van der Waals surface area contributed by atoms with Gasteiger partial charge in [0.05, 0.1) is 0 Å². The molecule has 204 valence electrons. The van der Waals surface area contributed by atoms with Crippen molar-refractivity contribution < 1.29 is 32.6 Å². The molecular weight excluding hydrogens is 752 g/mol. The predicted molar refractivity (Wildman–Crippen MR) is 173 cm³/mol. The Morgan fingerprint density at radius 3 is 1.86 bits per heavy atom. The van der Waals surface area contributed by atoms with Gasteiger partial charge in [0, 0.05) is 0 Å². The van der Waals surface area contributed by atoms with Gasteiger partial charge in [-0.25, -0.2) is 0 Å². The van der Waals surface area contributed by atoms with E-state index in [0.29, 0.717) is 11.8 Å².